The molecule has 3 nitrogen and oxygen atoms in total. The predicted octanol–water partition coefficient (Wildman–Crippen LogP) is 2.70. The van der Waals surface area contributed by atoms with E-state index in [-0.39, 0.29) is 0 Å². The minimum Gasteiger partial charge on any atom is -0.307 e. The van der Waals surface area contributed by atoms with Gasteiger partial charge in [-0.05, 0) is 25.8 Å². The van der Waals surface area contributed by atoms with Gasteiger partial charge in [0.1, 0.15) is 5.82 Å². The summed E-state index contributed by atoms with van der Waals surface area (Å²) in [5, 5.41) is 3.44. The molecule has 1 aromatic heterocycles. The van der Waals surface area contributed by atoms with Crippen LogP contribution in [-0.4, -0.2) is 16.0 Å². The molecule has 0 spiro atoms. The van der Waals surface area contributed by atoms with Crippen LogP contribution in [0.4, 0.5) is 0 Å². The first-order chi connectivity index (χ1) is 8.81. The maximum Gasteiger partial charge on any atom is 0.142 e. The molecule has 0 unspecified atom stereocenters. The molecule has 92 valence electrons. The van der Waals surface area contributed by atoms with Crippen LogP contribution in [0.15, 0.2) is 36.5 Å². The van der Waals surface area contributed by atoms with Crippen molar-refractivity contribution >= 4 is 0 Å². The molecule has 1 N–H and O–H groups in total. The SMILES string of the molecule is Cc1ccc(-c2ccnc(CNC3CC3)n2)cc1. The third-order valence-electron chi connectivity index (χ3n) is 3.18. The zero-order valence-corrected chi connectivity index (χ0v) is 10.6. The summed E-state index contributed by atoms with van der Waals surface area (Å²) in [6.07, 6.45) is 4.42. The van der Waals surface area contributed by atoms with Crippen LogP contribution in [0.2, 0.25) is 0 Å². The van der Waals surface area contributed by atoms with Gasteiger partial charge in [-0.1, -0.05) is 29.8 Å². The molecule has 1 fully saturated rings. The molecule has 0 amide bonds. The monoisotopic (exact) mass is 239 g/mol. The quantitative estimate of drug-likeness (QED) is 0.891. The highest BCUT2D eigenvalue weighted by molar-refractivity contribution is 5.58. The van der Waals surface area contributed by atoms with Crippen molar-refractivity contribution in [2.24, 2.45) is 0 Å². The Bertz CT molecular complexity index is 530. The van der Waals surface area contributed by atoms with Gasteiger partial charge in [0.15, 0.2) is 0 Å². The summed E-state index contributed by atoms with van der Waals surface area (Å²) in [4.78, 5) is 8.91. The minimum atomic E-state index is 0.691. The Hall–Kier alpha value is -1.74. The summed E-state index contributed by atoms with van der Waals surface area (Å²) >= 11 is 0. The maximum atomic E-state index is 4.60. The maximum absolute atomic E-state index is 4.60. The van der Waals surface area contributed by atoms with Crippen LogP contribution in [0.25, 0.3) is 11.3 Å². The van der Waals surface area contributed by atoms with E-state index in [0.29, 0.717) is 6.04 Å². The summed E-state index contributed by atoms with van der Waals surface area (Å²) in [6.45, 7) is 2.86. The molecule has 1 aliphatic carbocycles. The first kappa shape index (κ1) is 11.4. The lowest BCUT2D eigenvalue weighted by Gasteiger charge is -2.05. The number of nitrogens with one attached hydrogen (secondary N) is 1. The molecular weight excluding hydrogens is 222 g/mol. The van der Waals surface area contributed by atoms with E-state index < -0.39 is 0 Å². The lowest BCUT2D eigenvalue weighted by molar-refractivity contribution is 0.658. The molecule has 0 bridgehead atoms. The first-order valence-electron chi connectivity index (χ1n) is 6.43. The van der Waals surface area contributed by atoms with Crippen molar-refractivity contribution in [1.29, 1.82) is 0 Å². The fraction of sp³-hybridized carbons (Fsp3) is 0.333. The lowest BCUT2D eigenvalue weighted by Crippen LogP contribution is -2.17. The Morgan fingerprint density at radius 3 is 2.67 bits per heavy atom. The van der Waals surface area contributed by atoms with Gasteiger partial charge in [-0.25, -0.2) is 9.97 Å². The Balaban J connectivity index is 1.78. The topological polar surface area (TPSA) is 37.8 Å². The van der Waals surface area contributed by atoms with Gasteiger partial charge in [0, 0.05) is 17.8 Å². The van der Waals surface area contributed by atoms with Crippen molar-refractivity contribution in [2.75, 3.05) is 0 Å². The number of benzene rings is 1. The summed E-state index contributed by atoms with van der Waals surface area (Å²) in [7, 11) is 0. The van der Waals surface area contributed by atoms with Gasteiger partial charge in [-0.15, -0.1) is 0 Å². The minimum absolute atomic E-state index is 0.691. The van der Waals surface area contributed by atoms with Crippen molar-refractivity contribution in [1.82, 2.24) is 15.3 Å². The number of hydrogen-bond donors (Lipinski definition) is 1. The third kappa shape index (κ3) is 2.74. The van der Waals surface area contributed by atoms with E-state index in [9.17, 15) is 0 Å². The first-order valence-corrected chi connectivity index (χ1v) is 6.43. The Kier molecular flexibility index (Phi) is 3.07. The second-order valence-electron chi connectivity index (χ2n) is 4.88. The van der Waals surface area contributed by atoms with E-state index in [2.05, 4.69) is 46.5 Å². The zero-order valence-electron chi connectivity index (χ0n) is 10.6. The highest BCUT2D eigenvalue weighted by Crippen LogP contribution is 2.20. The molecule has 1 saturated carbocycles. The standard InChI is InChI=1S/C15H17N3/c1-11-2-4-12(5-3-11)14-8-9-16-15(18-14)10-17-13-6-7-13/h2-5,8-9,13,17H,6-7,10H2,1H3. The van der Waals surface area contributed by atoms with Gasteiger partial charge in [0.2, 0.25) is 0 Å². The van der Waals surface area contributed by atoms with Crippen molar-refractivity contribution in [3.05, 3.63) is 47.9 Å². The third-order valence-corrected chi connectivity index (χ3v) is 3.18. The number of aryl methyl sites for hydroxylation is 1. The fourth-order valence-electron chi connectivity index (χ4n) is 1.89. The van der Waals surface area contributed by atoms with Crippen LogP contribution >= 0.6 is 0 Å². The van der Waals surface area contributed by atoms with Crippen LogP contribution < -0.4 is 5.32 Å². The lowest BCUT2D eigenvalue weighted by atomic mass is 10.1. The summed E-state index contributed by atoms with van der Waals surface area (Å²) < 4.78 is 0. The van der Waals surface area contributed by atoms with Crippen LogP contribution in [0.5, 0.6) is 0 Å². The highest BCUT2D eigenvalue weighted by Gasteiger charge is 2.20. The average molecular weight is 239 g/mol. The van der Waals surface area contributed by atoms with Gasteiger partial charge in [0.25, 0.3) is 0 Å². The molecule has 0 saturated heterocycles. The summed E-state index contributed by atoms with van der Waals surface area (Å²) in [5.41, 5.74) is 3.41. The van der Waals surface area contributed by atoms with E-state index in [1.807, 2.05) is 12.3 Å². The molecule has 0 radical (unpaired) electrons. The number of nitrogens with zero attached hydrogens (tertiary/aromatic N) is 2. The van der Waals surface area contributed by atoms with Gasteiger partial charge >= 0.3 is 0 Å². The summed E-state index contributed by atoms with van der Waals surface area (Å²) in [5.74, 6) is 0.875. The normalized spacial score (nSPS) is 14.7. The van der Waals surface area contributed by atoms with Crippen LogP contribution in [0, 0.1) is 6.92 Å². The van der Waals surface area contributed by atoms with E-state index in [1.165, 1.54) is 18.4 Å². The molecule has 1 aliphatic rings. The molecule has 1 aromatic carbocycles. The van der Waals surface area contributed by atoms with Gasteiger partial charge in [-0.2, -0.15) is 0 Å². The number of rotatable bonds is 4. The highest BCUT2D eigenvalue weighted by atomic mass is 15.0. The Morgan fingerprint density at radius 2 is 1.94 bits per heavy atom. The smallest absolute Gasteiger partial charge is 0.142 e. The van der Waals surface area contributed by atoms with Crippen molar-refractivity contribution in [2.45, 2.75) is 32.4 Å². The molecular formula is C15H17N3. The van der Waals surface area contributed by atoms with E-state index >= 15 is 0 Å². The molecule has 1 heterocycles. The van der Waals surface area contributed by atoms with Crippen molar-refractivity contribution in [3.8, 4) is 11.3 Å². The van der Waals surface area contributed by atoms with Crippen molar-refractivity contribution < 1.29 is 0 Å². The summed E-state index contributed by atoms with van der Waals surface area (Å²) in [6, 6.07) is 11.1. The molecule has 3 heteroatoms. The molecule has 18 heavy (non-hydrogen) atoms. The largest absolute Gasteiger partial charge is 0.307 e. The van der Waals surface area contributed by atoms with Gasteiger partial charge in [-0.3, -0.25) is 0 Å². The van der Waals surface area contributed by atoms with Crippen LogP contribution in [-0.2, 0) is 6.54 Å². The number of aromatic nitrogens is 2. The van der Waals surface area contributed by atoms with Crippen LogP contribution in [0.1, 0.15) is 24.2 Å². The zero-order chi connectivity index (χ0) is 12.4. The Morgan fingerprint density at radius 1 is 1.17 bits per heavy atom. The molecule has 0 aliphatic heterocycles. The molecule has 3 rings (SSSR count). The van der Waals surface area contributed by atoms with Crippen molar-refractivity contribution in [3.63, 3.8) is 0 Å². The van der Waals surface area contributed by atoms with Gasteiger partial charge in [0.05, 0.1) is 12.2 Å². The second-order valence-corrected chi connectivity index (χ2v) is 4.88. The van der Waals surface area contributed by atoms with Gasteiger partial charge < -0.3 is 5.32 Å². The fourth-order valence-corrected chi connectivity index (χ4v) is 1.89. The van der Waals surface area contributed by atoms with E-state index in [1.54, 1.807) is 0 Å². The molecule has 2 aromatic rings. The average Bonchev–Trinajstić information content (AvgIpc) is 3.22. The number of hydrogen-bond acceptors (Lipinski definition) is 3. The predicted molar refractivity (Wildman–Crippen MR) is 72.1 cm³/mol. The van der Waals surface area contributed by atoms with E-state index in [0.717, 1.165) is 23.6 Å². The van der Waals surface area contributed by atoms with Crippen LogP contribution in [0.3, 0.4) is 0 Å². The second kappa shape index (κ2) is 4.86. The Labute approximate surface area is 107 Å². The molecule has 0 atom stereocenters. The van der Waals surface area contributed by atoms with E-state index in [4.69, 9.17) is 0 Å².